The summed E-state index contributed by atoms with van der Waals surface area (Å²) in [6.07, 6.45) is -3.49. The SMILES string of the molecule is Cc1c(Oc2ccc([N+](=O)[O-])c(C(F)(F)F)c2)cnn1C. The number of hydrogen-bond acceptors (Lipinski definition) is 4. The molecule has 2 aromatic rings. The summed E-state index contributed by atoms with van der Waals surface area (Å²) in [7, 11) is 1.65. The van der Waals surface area contributed by atoms with Crippen molar-refractivity contribution >= 4 is 5.69 Å². The zero-order chi connectivity index (χ0) is 15.8. The minimum absolute atomic E-state index is 0.149. The van der Waals surface area contributed by atoms with Crippen LogP contribution in [0.3, 0.4) is 0 Å². The van der Waals surface area contributed by atoms with Crippen LogP contribution in [0.4, 0.5) is 18.9 Å². The molecule has 1 aromatic heterocycles. The second kappa shape index (κ2) is 5.08. The van der Waals surface area contributed by atoms with Crippen LogP contribution in [0, 0.1) is 17.0 Å². The predicted molar refractivity (Wildman–Crippen MR) is 66.1 cm³/mol. The molecule has 21 heavy (non-hydrogen) atoms. The van der Waals surface area contributed by atoms with Crippen molar-refractivity contribution in [2.75, 3.05) is 0 Å². The Morgan fingerprint density at radius 3 is 2.52 bits per heavy atom. The highest BCUT2D eigenvalue weighted by Crippen LogP contribution is 2.39. The van der Waals surface area contributed by atoms with E-state index < -0.39 is 22.4 Å². The van der Waals surface area contributed by atoms with Gasteiger partial charge in [0.15, 0.2) is 5.75 Å². The Morgan fingerprint density at radius 2 is 2.05 bits per heavy atom. The maximum atomic E-state index is 12.8. The first-order valence-corrected chi connectivity index (χ1v) is 5.72. The van der Waals surface area contributed by atoms with Gasteiger partial charge in [-0.2, -0.15) is 18.3 Å². The summed E-state index contributed by atoms with van der Waals surface area (Å²) in [5.41, 5.74) is -1.76. The molecule has 9 heteroatoms. The second-order valence-corrected chi connectivity index (χ2v) is 4.25. The lowest BCUT2D eigenvalue weighted by Crippen LogP contribution is -2.09. The third-order valence-electron chi connectivity index (χ3n) is 2.89. The normalized spacial score (nSPS) is 11.5. The van der Waals surface area contributed by atoms with E-state index in [9.17, 15) is 23.3 Å². The molecule has 6 nitrogen and oxygen atoms in total. The van der Waals surface area contributed by atoms with Gasteiger partial charge in [-0.05, 0) is 19.1 Å². The van der Waals surface area contributed by atoms with Crippen molar-refractivity contribution in [2.24, 2.45) is 7.05 Å². The minimum Gasteiger partial charge on any atom is -0.454 e. The zero-order valence-corrected chi connectivity index (χ0v) is 11.0. The van der Waals surface area contributed by atoms with E-state index in [0.717, 1.165) is 12.1 Å². The summed E-state index contributed by atoms with van der Waals surface area (Å²) in [4.78, 5) is 9.57. The molecule has 112 valence electrons. The lowest BCUT2D eigenvalue weighted by atomic mass is 10.1. The van der Waals surface area contributed by atoms with Crippen LogP contribution in [-0.4, -0.2) is 14.7 Å². The molecule has 0 aliphatic carbocycles. The van der Waals surface area contributed by atoms with E-state index in [-0.39, 0.29) is 11.5 Å². The fraction of sp³-hybridized carbons (Fsp3) is 0.250. The molecule has 1 heterocycles. The van der Waals surface area contributed by atoms with Crippen LogP contribution in [0.5, 0.6) is 11.5 Å². The van der Waals surface area contributed by atoms with Gasteiger partial charge in [0.2, 0.25) is 0 Å². The summed E-state index contributed by atoms with van der Waals surface area (Å²) in [6.45, 7) is 1.68. The number of aromatic nitrogens is 2. The molecule has 0 aliphatic rings. The van der Waals surface area contributed by atoms with Crippen molar-refractivity contribution in [3.05, 3.63) is 45.8 Å². The first-order chi connectivity index (χ1) is 9.70. The molecule has 1 aromatic carbocycles. The molecular formula is C12H10F3N3O3. The smallest absolute Gasteiger partial charge is 0.423 e. The average molecular weight is 301 g/mol. The van der Waals surface area contributed by atoms with Crippen molar-refractivity contribution < 1.29 is 22.8 Å². The van der Waals surface area contributed by atoms with E-state index >= 15 is 0 Å². The molecule has 0 spiro atoms. The van der Waals surface area contributed by atoms with Gasteiger partial charge in [-0.1, -0.05) is 0 Å². The average Bonchev–Trinajstić information content (AvgIpc) is 2.69. The van der Waals surface area contributed by atoms with Crippen molar-refractivity contribution in [1.82, 2.24) is 9.78 Å². The van der Waals surface area contributed by atoms with E-state index in [0.29, 0.717) is 11.8 Å². The van der Waals surface area contributed by atoms with Gasteiger partial charge in [-0.25, -0.2) is 0 Å². The van der Waals surface area contributed by atoms with E-state index in [1.807, 2.05) is 0 Å². The van der Waals surface area contributed by atoms with Crippen LogP contribution in [0.1, 0.15) is 11.3 Å². The maximum absolute atomic E-state index is 12.8. The van der Waals surface area contributed by atoms with Crippen molar-refractivity contribution in [3.8, 4) is 11.5 Å². The fourth-order valence-corrected chi connectivity index (χ4v) is 1.67. The van der Waals surface area contributed by atoms with Crippen LogP contribution in [0.15, 0.2) is 24.4 Å². The summed E-state index contributed by atoms with van der Waals surface area (Å²) in [5.74, 6) is 0.128. The van der Waals surface area contributed by atoms with Gasteiger partial charge in [0, 0.05) is 13.1 Å². The third-order valence-corrected chi connectivity index (χ3v) is 2.89. The highest BCUT2D eigenvalue weighted by molar-refractivity contribution is 5.48. The zero-order valence-electron chi connectivity index (χ0n) is 11.0. The molecule has 0 fully saturated rings. The largest absolute Gasteiger partial charge is 0.454 e. The van der Waals surface area contributed by atoms with Gasteiger partial charge in [0.1, 0.15) is 11.3 Å². The molecule has 0 radical (unpaired) electrons. The second-order valence-electron chi connectivity index (χ2n) is 4.25. The number of aryl methyl sites for hydroxylation is 1. The number of nitro groups is 1. The van der Waals surface area contributed by atoms with Crippen LogP contribution >= 0.6 is 0 Å². The Labute approximate surface area is 116 Å². The number of nitro benzene ring substituents is 1. The molecule has 2 rings (SSSR count). The van der Waals surface area contributed by atoms with Gasteiger partial charge >= 0.3 is 6.18 Å². The monoisotopic (exact) mass is 301 g/mol. The molecule has 0 saturated heterocycles. The number of nitrogens with zero attached hydrogens (tertiary/aromatic N) is 3. The topological polar surface area (TPSA) is 70.2 Å². The van der Waals surface area contributed by atoms with Gasteiger partial charge in [-0.3, -0.25) is 14.8 Å². The Balaban J connectivity index is 2.43. The molecule has 0 saturated carbocycles. The predicted octanol–water partition coefficient (Wildman–Crippen LogP) is 3.45. The Kier molecular flexibility index (Phi) is 3.58. The summed E-state index contributed by atoms with van der Waals surface area (Å²) in [6, 6.07) is 2.48. The van der Waals surface area contributed by atoms with Gasteiger partial charge in [0.25, 0.3) is 5.69 Å². The van der Waals surface area contributed by atoms with Gasteiger partial charge in [-0.15, -0.1) is 0 Å². The maximum Gasteiger partial charge on any atom is 0.423 e. The summed E-state index contributed by atoms with van der Waals surface area (Å²) in [5, 5.41) is 14.5. The van der Waals surface area contributed by atoms with E-state index in [1.54, 1.807) is 14.0 Å². The molecule has 0 N–H and O–H groups in total. The number of alkyl halides is 3. The quantitative estimate of drug-likeness (QED) is 0.643. The first kappa shape index (κ1) is 14.8. The standard InChI is InChI=1S/C12H10F3N3O3/c1-7-11(6-16-17(7)2)21-8-3-4-10(18(19)20)9(5-8)12(13,14)15/h3-6H,1-2H3. The summed E-state index contributed by atoms with van der Waals surface area (Å²) >= 11 is 0. The van der Waals surface area contributed by atoms with Crippen molar-refractivity contribution in [2.45, 2.75) is 13.1 Å². The highest BCUT2D eigenvalue weighted by atomic mass is 19.4. The van der Waals surface area contributed by atoms with Crippen LogP contribution in [0.25, 0.3) is 0 Å². The lowest BCUT2D eigenvalue weighted by Gasteiger charge is -2.10. The molecule has 0 unspecified atom stereocenters. The van der Waals surface area contributed by atoms with Crippen LogP contribution in [0.2, 0.25) is 0 Å². The molecular weight excluding hydrogens is 291 g/mol. The number of halogens is 3. The molecule has 0 atom stereocenters. The van der Waals surface area contributed by atoms with E-state index in [2.05, 4.69) is 5.10 Å². The van der Waals surface area contributed by atoms with Crippen LogP contribution < -0.4 is 4.74 Å². The number of benzene rings is 1. The molecule has 0 aliphatic heterocycles. The number of hydrogen-bond donors (Lipinski definition) is 0. The lowest BCUT2D eigenvalue weighted by molar-refractivity contribution is -0.388. The number of ether oxygens (including phenoxy) is 1. The third kappa shape index (κ3) is 2.96. The van der Waals surface area contributed by atoms with Gasteiger partial charge < -0.3 is 4.74 Å². The molecule has 0 amide bonds. The van der Waals surface area contributed by atoms with Crippen LogP contribution in [-0.2, 0) is 13.2 Å². The Bertz CT molecular complexity index is 695. The highest BCUT2D eigenvalue weighted by Gasteiger charge is 2.38. The van der Waals surface area contributed by atoms with Crippen molar-refractivity contribution in [1.29, 1.82) is 0 Å². The Morgan fingerprint density at radius 1 is 1.38 bits per heavy atom. The minimum atomic E-state index is -4.84. The number of rotatable bonds is 3. The van der Waals surface area contributed by atoms with E-state index in [1.165, 1.54) is 10.9 Å². The van der Waals surface area contributed by atoms with E-state index in [4.69, 9.17) is 4.74 Å². The fourth-order valence-electron chi connectivity index (χ4n) is 1.67. The van der Waals surface area contributed by atoms with Crippen molar-refractivity contribution in [3.63, 3.8) is 0 Å². The molecule has 0 bridgehead atoms. The summed E-state index contributed by atoms with van der Waals surface area (Å²) < 4.78 is 45.3. The first-order valence-electron chi connectivity index (χ1n) is 5.72. The van der Waals surface area contributed by atoms with Gasteiger partial charge in [0.05, 0.1) is 16.8 Å². The Hall–Kier alpha value is -2.58.